The fourth-order valence-electron chi connectivity index (χ4n) is 9.59. The second-order valence-corrected chi connectivity index (χ2v) is 20.8. The van der Waals surface area contributed by atoms with Crippen molar-refractivity contribution in [1.29, 1.82) is 0 Å². The molecule has 278 valence electrons. The molecule has 7 aromatic carbocycles. The molecular formula is C52H40N4SSi. The number of rotatable bonds is 6. The Morgan fingerprint density at radius 1 is 0.517 bits per heavy atom. The highest BCUT2D eigenvalue weighted by atomic mass is 32.2. The lowest BCUT2D eigenvalue weighted by Gasteiger charge is -2.35. The van der Waals surface area contributed by atoms with Crippen molar-refractivity contribution in [2.75, 3.05) is 0 Å². The van der Waals surface area contributed by atoms with Crippen molar-refractivity contribution in [2.45, 2.75) is 29.1 Å². The first-order valence-electron chi connectivity index (χ1n) is 19.9. The zero-order valence-corrected chi connectivity index (χ0v) is 34.4. The molecule has 3 aromatic heterocycles. The number of aryl methyl sites for hydroxylation is 1. The van der Waals surface area contributed by atoms with Crippen LogP contribution in [-0.4, -0.2) is 27.2 Å². The molecule has 11 rings (SSSR count). The number of imidazole rings is 1. The third-order valence-electron chi connectivity index (χ3n) is 12.4. The van der Waals surface area contributed by atoms with Crippen molar-refractivity contribution in [1.82, 2.24) is 19.1 Å². The Morgan fingerprint density at radius 3 is 1.95 bits per heavy atom. The third-order valence-corrected chi connectivity index (χ3v) is 18.3. The fourth-order valence-corrected chi connectivity index (χ4v) is 15.8. The molecule has 0 aliphatic carbocycles. The molecule has 0 saturated heterocycles. The number of fused-ring (bicyclic) bond motifs is 6. The molecule has 0 fully saturated rings. The van der Waals surface area contributed by atoms with Crippen LogP contribution in [0.3, 0.4) is 0 Å². The Balaban J connectivity index is 1.22. The standard InChI is InChI=1S/C52H40N4SSi/c1-52(2)42-23-10-13-26-48(42)57-49-34-47-41(33-43(49)52)40-29-28-39(32-46(40)56(47)50-27-14-15-30-53-50)58(36-18-6-4-7-19-36,37-20-8-5-9-21-37)38-22-16-17-35(31-38)51-54-44-24-11-12-25-45(44)55(51)3/h4-34H,1-3H3. The summed E-state index contributed by atoms with van der Waals surface area (Å²) >= 11 is 1.88. The van der Waals surface area contributed by atoms with Gasteiger partial charge >= 0.3 is 0 Å². The lowest BCUT2D eigenvalue weighted by molar-refractivity contribution is 0.608. The highest BCUT2D eigenvalue weighted by molar-refractivity contribution is 7.99. The van der Waals surface area contributed by atoms with Gasteiger partial charge < -0.3 is 4.57 Å². The Labute approximate surface area is 343 Å². The summed E-state index contributed by atoms with van der Waals surface area (Å²) in [6, 6.07) is 67.3. The number of benzene rings is 7. The minimum atomic E-state index is -2.98. The highest BCUT2D eigenvalue weighted by Crippen LogP contribution is 2.51. The van der Waals surface area contributed by atoms with Crippen LogP contribution in [0.1, 0.15) is 25.0 Å². The van der Waals surface area contributed by atoms with Gasteiger partial charge in [0.15, 0.2) is 8.07 Å². The zero-order valence-electron chi connectivity index (χ0n) is 32.6. The fraction of sp³-hybridized carbons (Fsp3) is 0.0769. The lowest BCUT2D eigenvalue weighted by Crippen LogP contribution is -2.74. The van der Waals surface area contributed by atoms with Crippen molar-refractivity contribution in [2.24, 2.45) is 7.05 Å². The van der Waals surface area contributed by atoms with Gasteiger partial charge in [-0.3, -0.25) is 4.57 Å². The van der Waals surface area contributed by atoms with Crippen LogP contribution in [0.25, 0.3) is 50.0 Å². The van der Waals surface area contributed by atoms with Crippen LogP contribution in [0.2, 0.25) is 0 Å². The highest BCUT2D eigenvalue weighted by Gasteiger charge is 2.42. The molecule has 1 aliphatic rings. The zero-order chi connectivity index (χ0) is 39.0. The monoisotopic (exact) mass is 780 g/mol. The predicted octanol–water partition coefficient (Wildman–Crippen LogP) is 9.90. The summed E-state index contributed by atoms with van der Waals surface area (Å²) < 4.78 is 4.62. The van der Waals surface area contributed by atoms with E-state index < -0.39 is 8.07 Å². The van der Waals surface area contributed by atoms with Gasteiger partial charge in [-0.15, -0.1) is 0 Å². The molecule has 0 spiro atoms. The predicted molar refractivity (Wildman–Crippen MR) is 245 cm³/mol. The molecule has 0 amide bonds. The Hall–Kier alpha value is -6.47. The van der Waals surface area contributed by atoms with E-state index in [4.69, 9.17) is 9.97 Å². The molecule has 0 N–H and O–H groups in total. The van der Waals surface area contributed by atoms with Gasteiger partial charge in [0.2, 0.25) is 0 Å². The van der Waals surface area contributed by atoms with E-state index >= 15 is 0 Å². The number of hydrogen-bond acceptors (Lipinski definition) is 3. The van der Waals surface area contributed by atoms with Crippen LogP contribution in [-0.2, 0) is 12.5 Å². The van der Waals surface area contributed by atoms with E-state index in [0.717, 1.165) is 33.8 Å². The average Bonchev–Trinajstić information content (AvgIpc) is 3.78. The molecular weight excluding hydrogens is 741 g/mol. The van der Waals surface area contributed by atoms with Crippen LogP contribution < -0.4 is 20.7 Å². The number of aromatic nitrogens is 4. The van der Waals surface area contributed by atoms with Crippen molar-refractivity contribution in [3.63, 3.8) is 0 Å². The Bertz CT molecular complexity index is 3150. The van der Waals surface area contributed by atoms with Crippen molar-refractivity contribution in [3.8, 4) is 17.2 Å². The molecule has 0 radical (unpaired) electrons. The van der Waals surface area contributed by atoms with E-state index in [1.165, 1.54) is 58.0 Å². The van der Waals surface area contributed by atoms with Gasteiger partial charge in [0, 0.05) is 44.8 Å². The summed E-state index contributed by atoms with van der Waals surface area (Å²) in [6.45, 7) is 4.74. The maximum Gasteiger partial charge on any atom is 0.179 e. The summed E-state index contributed by atoms with van der Waals surface area (Å²) in [4.78, 5) is 12.8. The van der Waals surface area contributed by atoms with Gasteiger partial charge in [-0.2, -0.15) is 0 Å². The number of nitrogens with zero attached hydrogens (tertiary/aromatic N) is 4. The first-order chi connectivity index (χ1) is 28.4. The summed E-state index contributed by atoms with van der Waals surface area (Å²) in [7, 11) is -0.855. The normalized spacial score (nSPS) is 13.5. The van der Waals surface area contributed by atoms with Crippen molar-refractivity contribution < 1.29 is 0 Å². The van der Waals surface area contributed by atoms with Gasteiger partial charge in [-0.05, 0) is 80.4 Å². The van der Waals surface area contributed by atoms with E-state index in [1.54, 1.807) is 0 Å². The maximum absolute atomic E-state index is 5.16. The smallest absolute Gasteiger partial charge is 0.179 e. The molecule has 4 heterocycles. The Morgan fingerprint density at radius 2 is 1.19 bits per heavy atom. The quantitative estimate of drug-likeness (QED) is 0.125. The first-order valence-corrected chi connectivity index (χ1v) is 22.7. The van der Waals surface area contributed by atoms with E-state index in [-0.39, 0.29) is 5.41 Å². The number of para-hydroxylation sites is 2. The third kappa shape index (κ3) is 5.15. The summed E-state index contributed by atoms with van der Waals surface area (Å²) in [6.07, 6.45) is 1.91. The van der Waals surface area contributed by atoms with Crippen LogP contribution in [0, 0.1) is 0 Å². The van der Waals surface area contributed by atoms with Crippen LogP contribution in [0.4, 0.5) is 0 Å². The molecule has 10 aromatic rings. The summed E-state index contributed by atoms with van der Waals surface area (Å²) in [5, 5.41) is 7.75. The van der Waals surface area contributed by atoms with Gasteiger partial charge in [0.1, 0.15) is 11.6 Å². The summed E-state index contributed by atoms with van der Waals surface area (Å²) in [5.74, 6) is 1.88. The Kier molecular flexibility index (Phi) is 7.97. The summed E-state index contributed by atoms with van der Waals surface area (Å²) in [5.41, 5.74) is 8.16. The number of pyridine rings is 1. The first kappa shape index (κ1) is 34.7. The molecule has 58 heavy (non-hydrogen) atoms. The van der Waals surface area contributed by atoms with Gasteiger partial charge in [-0.1, -0.05) is 159 Å². The van der Waals surface area contributed by atoms with Gasteiger partial charge in [0.25, 0.3) is 0 Å². The minimum Gasteiger partial charge on any atom is -0.327 e. The topological polar surface area (TPSA) is 35.6 Å². The van der Waals surface area contributed by atoms with Gasteiger partial charge in [-0.25, -0.2) is 9.97 Å². The maximum atomic E-state index is 5.16. The SMILES string of the molecule is Cn1c(-c2cccc([Si](c3ccccc3)(c3ccccc3)c3ccc4c5cc6c(cc5n(-c5ccccn5)c4c3)Sc3ccccc3C6(C)C)c2)nc2ccccc21. The van der Waals surface area contributed by atoms with E-state index in [9.17, 15) is 0 Å². The molecule has 6 heteroatoms. The lowest BCUT2D eigenvalue weighted by atomic mass is 9.77. The van der Waals surface area contributed by atoms with Crippen LogP contribution >= 0.6 is 11.8 Å². The average molecular weight is 781 g/mol. The molecule has 4 nitrogen and oxygen atoms in total. The largest absolute Gasteiger partial charge is 0.327 e. The minimum absolute atomic E-state index is 0.141. The van der Waals surface area contributed by atoms with Crippen molar-refractivity contribution >= 4 is 73.4 Å². The molecule has 1 aliphatic heterocycles. The number of hydrogen-bond donors (Lipinski definition) is 0. The van der Waals surface area contributed by atoms with Crippen molar-refractivity contribution in [3.05, 3.63) is 199 Å². The molecule has 0 saturated carbocycles. The second kappa shape index (κ2) is 13.3. The van der Waals surface area contributed by atoms with E-state index in [2.05, 4.69) is 206 Å². The van der Waals surface area contributed by atoms with E-state index in [0.29, 0.717) is 0 Å². The van der Waals surface area contributed by atoms with Crippen LogP contribution in [0.15, 0.2) is 198 Å². The molecule has 0 bridgehead atoms. The van der Waals surface area contributed by atoms with E-state index in [1.807, 2.05) is 24.0 Å². The second-order valence-electron chi connectivity index (χ2n) is 15.9. The van der Waals surface area contributed by atoms with Crippen LogP contribution in [0.5, 0.6) is 0 Å². The molecule has 0 unspecified atom stereocenters. The molecule has 0 atom stereocenters. The van der Waals surface area contributed by atoms with Gasteiger partial charge in [0.05, 0.1) is 22.1 Å².